The van der Waals surface area contributed by atoms with Crippen molar-refractivity contribution in [2.75, 3.05) is 11.9 Å². The molecule has 0 spiro atoms. The molecule has 4 heteroatoms. The van der Waals surface area contributed by atoms with E-state index in [2.05, 4.69) is 5.32 Å². The third kappa shape index (κ3) is 2.91. The highest BCUT2D eigenvalue weighted by atomic mass is 16.5. The number of amides is 1. The molecule has 1 amide bonds. The van der Waals surface area contributed by atoms with Crippen molar-refractivity contribution in [2.45, 2.75) is 25.9 Å². The number of rotatable bonds is 3. The Morgan fingerprint density at radius 2 is 2.24 bits per heavy atom. The zero-order chi connectivity index (χ0) is 12.3. The Labute approximate surface area is 100.0 Å². The van der Waals surface area contributed by atoms with Crippen molar-refractivity contribution < 1.29 is 14.3 Å². The Morgan fingerprint density at radius 1 is 1.41 bits per heavy atom. The second-order valence-electron chi connectivity index (χ2n) is 4.13. The maximum atomic E-state index is 11.8. The minimum atomic E-state index is -0.351. The highest BCUT2D eigenvalue weighted by molar-refractivity contribution is 5.98. The molecule has 1 fully saturated rings. The van der Waals surface area contributed by atoms with Gasteiger partial charge in [0.15, 0.2) is 5.78 Å². The van der Waals surface area contributed by atoms with Crippen molar-refractivity contribution in [3.8, 4) is 0 Å². The number of carbonyl (C=O) groups excluding carboxylic acids is 2. The number of carbonyl (C=O) groups is 2. The van der Waals surface area contributed by atoms with Crippen LogP contribution in [0.2, 0.25) is 0 Å². The highest BCUT2D eigenvalue weighted by Crippen LogP contribution is 2.16. The van der Waals surface area contributed by atoms with E-state index in [1.165, 1.54) is 6.92 Å². The van der Waals surface area contributed by atoms with Crippen LogP contribution in [-0.4, -0.2) is 24.4 Å². The van der Waals surface area contributed by atoms with Crippen LogP contribution >= 0.6 is 0 Å². The first-order valence-corrected chi connectivity index (χ1v) is 5.70. The molecule has 1 heterocycles. The Morgan fingerprint density at radius 3 is 2.88 bits per heavy atom. The van der Waals surface area contributed by atoms with Gasteiger partial charge in [-0.05, 0) is 31.9 Å². The molecule has 1 aromatic carbocycles. The van der Waals surface area contributed by atoms with Crippen LogP contribution in [0.1, 0.15) is 30.1 Å². The lowest BCUT2D eigenvalue weighted by Gasteiger charge is -2.10. The van der Waals surface area contributed by atoms with Gasteiger partial charge in [0.1, 0.15) is 6.10 Å². The fourth-order valence-corrected chi connectivity index (χ4v) is 1.82. The molecular formula is C13H15NO3. The first kappa shape index (κ1) is 11.8. The molecule has 0 aromatic heterocycles. The monoisotopic (exact) mass is 233 g/mol. The quantitative estimate of drug-likeness (QED) is 0.812. The Hall–Kier alpha value is -1.68. The molecule has 0 unspecified atom stereocenters. The predicted molar refractivity (Wildman–Crippen MR) is 64.1 cm³/mol. The van der Waals surface area contributed by atoms with Gasteiger partial charge in [-0.2, -0.15) is 0 Å². The van der Waals surface area contributed by atoms with Gasteiger partial charge in [0.05, 0.1) is 0 Å². The molecule has 1 atom stereocenters. The van der Waals surface area contributed by atoms with Crippen LogP contribution in [0.5, 0.6) is 0 Å². The van der Waals surface area contributed by atoms with Crippen LogP contribution in [0.4, 0.5) is 5.69 Å². The zero-order valence-electron chi connectivity index (χ0n) is 9.73. The molecular weight excluding hydrogens is 218 g/mol. The van der Waals surface area contributed by atoms with Gasteiger partial charge in [-0.3, -0.25) is 9.59 Å². The number of ketones is 1. The van der Waals surface area contributed by atoms with Crippen molar-refractivity contribution in [3.63, 3.8) is 0 Å². The standard InChI is InChI=1S/C13H15NO3/c1-9(15)10-4-2-5-11(8-10)14-13(16)12-6-3-7-17-12/h2,4-5,8,12H,3,6-7H2,1H3,(H,14,16)/t12-/m1/s1. The SMILES string of the molecule is CC(=O)c1cccc(NC(=O)[C@H]2CCCO2)c1. The van der Waals surface area contributed by atoms with E-state index in [4.69, 9.17) is 4.74 Å². The minimum absolute atomic E-state index is 0.0155. The van der Waals surface area contributed by atoms with Crippen LogP contribution in [0.3, 0.4) is 0 Å². The smallest absolute Gasteiger partial charge is 0.253 e. The largest absolute Gasteiger partial charge is 0.368 e. The van der Waals surface area contributed by atoms with Crippen LogP contribution < -0.4 is 5.32 Å². The molecule has 1 N–H and O–H groups in total. The zero-order valence-corrected chi connectivity index (χ0v) is 9.73. The molecule has 1 aliphatic heterocycles. The number of Topliss-reactive ketones (excluding diaryl/α,β-unsaturated/α-hetero) is 1. The van der Waals surface area contributed by atoms with E-state index >= 15 is 0 Å². The third-order valence-corrected chi connectivity index (χ3v) is 2.76. The van der Waals surface area contributed by atoms with E-state index in [1.54, 1.807) is 24.3 Å². The van der Waals surface area contributed by atoms with Crippen molar-refractivity contribution >= 4 is 17.4 Å². The average molecular weight is 233 g/mol. The van der Waals surface area contributed by atoms with Crippen LogP contribution in [0, 0.1) is 0 Å². The summed E-state index contributed by atoms with van der Waals surface area (Å²) in [6.45, 7) is 2.15. The van der Waals surface area contributed by atoms with Gasteiger partial charge in [-0.15, -0.1) is 0 Å². The molecule has 2 rings (SSSR count). The van der Waals surface area contributed by atoms with Gasteiger partial charge in [0.2, 0.25) is 0 Å². The lowest BCUT2D eigenvalue weighted by atomic mass is 10.1. The molecule has 1 aromatic rings. The van der Waals surface area contributed by atoms with Crippen LogP contribution in [0.15, 0.2) is 24.3 Å². The summed E-state index contributed by atoms with van der Waals surface area (Å²) < 4.78 is 5.29. The molecule has 4 nitrogen and oxygen atoms in total. The summed E-state index contributed by atoms with van der Waals surface area (Å²) in [7, 11) is 0. The van der Waals surface area contributed by atoms with Crippen LogP contribution in [-0.2, 0) is 9.53 Å². The van der Waals surface area contributed by atoms with E-state index in [0.717, 1.165) is 12.8 Å². The lowest BCUT2D eigenvalue weighted by molar-refractivity contribution is -0.124. The summed E-state index contributed by atoms with van der Waals surface area (Å²) >= 11 is 0. The van der Waals surface area contributed by atoms with Gasteiger partial charge in [-0.1, -0.05) is 12.1 Å². The Balaban J connectivity index is 2.05. The van der Waals surface area contributed by atoms with Gasteiger partial charge in [-0.25, -0.2) is 0 Å². The average Bonchev–Trinajstić information content (AvgIpc) is 2.82. The molecule has 17 heavy (non-hydrogen) atoms. The van der Waals surface area contributed by atoms with Gasteiger partial charge < -0.3 is 10.1 Å². The number of hydrogen-bond acceptors (Lipinski definition) is 3. The number of anilines is 1. The van der Waals surface area contributed by atoms with Crippen molar-refractivity contribution in [1.29, 1.82) is 0 Å². The number of hydrogen-bond donors (Lipinski definition) is 1. The third-order valence-electron chi connectivity index (χ3n) is 2.76. The molecule has 0 saturated carbocycles. The maximum absolute atomic E-state index is 11.8. The van der Waals surface area contributed by atoms with E-state index in [0.29, 0.717) is 17.9 Å². The molecule has 0 radical (unpaired) electrons. The number of benzene rings is 1. The van der Waals surface area contributed by atoms with Crippen molar-refractivity contribution in [1.82, 2.24) is 0 Å². The second-order valence-corrected chi connectivity index (χ2v) is 4.13. The summed E-state index contributed by atoms with van der Waals surface area (Å²) in [6, 6.07) is 6.92. The molecule has 1 aliphatic rings. The lowest BCUT2D eigenvalue weighted by Crippen LogP contribution is -2.26. The Bertz CT molecular complexity index is 436. The molecule has 1 saturated heterocycles. The second kappa shape index (κ2) is 5.10. The summed E-state index contributed by atoms with van der Waals surface area (Å²) in [5.41, 5.74) is 1.23. The maximum Gasteiger partial charge on any atom is 0.253 e. The summed E-state index contributed by atoms with van der Waals surface area (Å²) in [4.78, 5) is 23.0. The fraction of sp³-hybridized carbons (Fsp3) is 0.385. The molecule has 0 aliphatic carbocycles. The van der Waals surface area contributed by atoms with E-state index in [9.17, 15) is 9.59 Å². The predicted octanol–water partition coefficient (Wildman–Crippen LogP) is 2.01. The van der Waals surface area contributed by atoms with Crippen molar-refractivity contribution in [2.24, 2.45) is 0 Å². The Kier molecular flexibility index (Phi) is 3.54. The minimum Gasteiger partial charge on any atom is -0.368 e. The number of ether oxygens (including phenoxy) is 1. The first-order valence-electron chi connectivity index (χ1n) is 5.70. The van der Waals surface area contributed by atoms with E-state index in [1.807, 2.05) is 0 Å². The summed E-state index contributed by atoms with van der Waals surface area (Å²) in [5, 5.41) is 2.76. The topological polar surface area (TPSA) is 55.4 Å². The fourth-order valence-electron chi connectivity index (χ4n) is 1.82. The molecule has 0 bridgehead atoms. The van der Waals surface area contributed by atoms with Gasteiger partial charge in [0, 0.05) is 17.9 Å². The van der Waals surface area contributed by atoms with Gasteiger partial charge in [0.25, 0.3) is 5.91 Å². The molecule has 90 valence electrons. The normalized spacial score (nSPS) is 19.0. The van der Waals surface area contributed by atoms with E-state index in [-0.39, 0.29) is 17.8 Å². The van der Waals surface area contributed by atoms with Crippen LogP contribution in [0.25, 0.3) is 0 Å². The number of nitrogens with one attached hydrogen (secondary N) is 1. The van der Waals surface area contributed by atoms with Crippen molar-refractivity contribution in [3.05, 3.63) is 29.8 Å². The summed E-state index contributed by atoms with van der Waals surface area (Å²) in [6.07, 6.45) is 1.33. The van der Waals surface area contributed by atoms with E-state index < -0.39 is 0 Å². The van der Waals surface area contributed by atoms with Gasteiger partial charge >= 0.3 is 0 Å². The first-order chi connectivity index (χ1) is 8.16. The summed E-state index contributed by atoms with van der Waals surface area (Å²) in [5.74, 6) is -0.151. The highest BCUT2D eigenvalue weighted by Gasteiger charge is 2.23.